The van der Waals surface area contributed by atoms with Crippen molar-refractivity contribution in [3.05, 3.63) is 70.8 Å². The third-order valence-electron chi connectivity index (χ3n) is 3.21. The first-order chi connectivity index (χ1) is 11.2. The number of ether oxygens (including phenoxy) is 1. The van der Waals surface area contributed by atoms with Crippen molar-refractivity contribution < 1.29 is 9.53 Å². The van der Waals surface area contributed by atoms with E-state index in [0.29, 0.717) is 5.56 Å². The molecular weight excluding hydrogens is 288 g/mol. The molecule has 0 unspecified atom stereocenters. The average molecular weight is 304 g/mol. The Balaban J connectivity index is 1.82. The molecule has 2 aromatic rings. The van der Waals surface area contributed by atoms with E-state index < -0.39 is 6.09 Å². The van der Waals surface area contributed by atoms with Crippen LogP contribution in [0.2, 0.25) is 0 Å². The van der Waals surface area contributed by atoms with E-state index in [1.807, 2.05) is 43.3 Å². The van der Waals surface area contributed by atoms with Crippen molar-refractivity contribution in [1.82, 2.24) is 5.32 Å². The van der Waals surface area contributed by atoms with Crippen molar-refractivity contribution in [2.45, 2.75) is 13.5 Å². The van der Waals surface area contributed by atoms with Gasteiger partial charge in [-0.25, -0.2) is 4.79 Å². The lowest BCUT2D eigenvalue weighted by Crippen LogP contribution is -2.24. The average Bonchev–Trinajstić information content (AvgIpc) is 2.59. The van der Waals surface area contributed by atoms with E-state index in [1.54, 1.807) is 12.1 Å². The minimum atomic E-state index is -0.509. The van der Waals surface area contributed by atoms with Gasteiger partial charge in [0.05, 0.1) is 18.2 Å². The predicted octanol–water partition coefficient (Wildman–Crippen LogP) is 3.14. The zero-order chi connectivity index (χ0) is 16.5. The molecule has 0 heterocycles. The Kier molecular flexibility index (Phi) is 5.80. The van der Waals surface area contributed by atoms with Crippen LogP contribution in [0.4, 0.5) is 4.79 Å². The largest absolute Gasteiger partial charge is 0.445 e. The van der Waals surface area contributed by atoms with Crippen molar-refractivity contribution >= 4 is 6.09 Å². The normalized spacial score (nSPS) is 9.22. The number of amides is 1. The van der Waals surface area contributed by atoms with E-state index in [0.717, 1.165) is 16.7 Å². The first-order valence-electron chi connectivity index (χ1n) is 7.14. The van der Waals surface area contributed by atoms with Crippen LogP contribution in [0.3, 0.4) is 0 Å². The van der Waals surface area contributed by atoms with Crippen LogP contribution >= 0.6 is 0 Å². The summed E-state index contributed by atoms with van der Waals surface area (Å²) in [6.07, 6.45) is -0.509. The third-order valence-corrected chi connectivity index (χ3v) is 3.21. The molecule has 4 heteroatoms. The molecule has 4 nitrogen and oxygen atoms in total. The van der Waals surface area contributed by atoms with Gasteiger partial charge in [-0.1, -0.05) is 48.2 Å². The lowest BCUT2D eigenvalue weighted by Gasteiger charge is -2.04. The zero-order valence-corrected chi connectivity index (χ0v) is 12.8. The van der Waals surface area contributed by atoms with Gasteiger partial charge in [0.15, 0.2) is 0 Å². The fourth-order valence-corrected chi connectivity index (χ4v) is 1.92. The number of carbonyl (C=O) groups excluding carboxylic acids is 1. The van der Waals surface area contributed by atoms with E-state index in [1.165, 1.54) is 0 Å². The van der Waals surface area contributed by atoms with Crippen LogP contribution in [0.25, 0.3) is 0 Å². The lowest BCUT2D eigenvalue weighted by molar-refractivity contribution is 0.141. The van der Waals surface area contributed by atoms with Crippen molar-refractivity contribution in [3.8, 4) is 17.9 Å². The summed E-state index contributed by atoms with van der Waals surface area (Å²) in [6, 6.07) is 17.0. The van der Waals surface area contributed by atoms with Crippen molar-refractivity contribution in [1.29, 1.82) is 5.26 Å². The number of carbonyl (C=O) groups is 1. The minimum Gasteiger partial charge on any atom is -0.445 e. The number of alkyl carbamates (subject to hydrolysis) is 1. The van der Waals surface area contributed by atoms with Crippen LogP contribution in [0.15, 0.2) is 48.5 Å². The number of hydrogen-bond donors (Lipinski definition) is 1. The summed E-state index contributed by atoms with van der Waals surface area (Å²) in [5.41, 5.74) is 3.15. The number of nitrogens with one attached hydrogen (secondary N) is 1. The first-order valence-corrected chi connectivity index (χ1v) is 7.14. The number of benzene rings is 2. The summed E-state index contributed by atoms with van der Waals surface area (Å²) >= 11 is 0. The topological polar surface area (TPSA) is 62.1 Å². The molecule has 0 fully saturated rings. The molecule has 0 aromatic heterocycles. The molecule has 114 valence electrons. The molecule has 23 heavy (non-hydrogen) atoms. The third kappa shape index (κ3) is 4.91. The van der Waals surface area contributed by atoms with Crippen LogP contribution in [0.1, 0.15) is 22.3 Å². The Morgan fingerprint density at radius 3 is 2.61 bits per heavy atom. The van der Waals surface area contributed by atoms with E-state index in [2.05, 4.69) is 23.2 Å². The summed E-state index contributed by atoms with van der Waals surface area (Å²) in [5.74, 6) is 5.80. The van der Waals surface area contributed by atoms with Gasteiger partial charge >= 0.3 is 6.09 Å². The predicted molar refractivity (Wildman–Crippen MR) is 87.4 cm³/mol. The van der Waals surface area contributed by atoms with Gasteiger partial charge in [0, 0.05) is 5.56 Å². The molecule has 0 saturated carbocycles. The fourth-order valence-electron chi connectivity index (χ4n) is 1.92. The highest BCUT2D eigenvalue weighted by molar-refractivity contribution is 5.67. The van der Waals surface area contributed by atoms with Crippen LogP contribution < -0.4 is 5.32 Å². The molecule has 0 radical (unpaired) electrons. The van der Waals surface area contributed by atoms with Gasteiger partial charge in [-0.15, -0.1) is 0 Å². The second-order valence-electron chi connectivity index (χ2n) is 4.81. The quantitative estimate of drug-likeness (QED) is 0.886. The molecular formula is C19H16N2O2. The molecule has 0 aliphatic rings. The second kappa shape index (κ2) is 8.26. The maximum atomic E-state index is 11.6. The number of nitrogens with zero attached hydrogens (tertiary/aromatic N) is 1. The molecule has 0 atom stereocenters. The van der Waals surface area contributed by atoms with Crippen molar-refractivity contribution in [2.75, 3.05) is 6.54 Å². The highest BCUT2D eigenvalue weighted by Crippen LogP contribution is 2.11. The van der Waals surface area contributed by atoms with E-state index in [4.69, 9.17) is 10.00 Å². The molecule has 2 aromatic carbocycles. The number of rotatable bonds is 3. The van der Waals surface area contributed by atoms with Gasteiger partial charge in [-0.2, -0.15) is 5.26 Å². The monoisotopic (exact) mass is 304 g/mol. The summed E-state index contributed by atoms with van der Waals surface area (Å²) in [4.78, 5) is 11.6. The number of nitriles is 1. The van der Waals surface area contributed by atoms with Gasteiger partial charge in [0.25, 0.3) is 0 Å². The Morgan fingerprint density at radius 2 is 1.87 bits per heavy atom. The Morgan fingerprint density at radius 1 is 1.13 bits per heavy atom. The standard InChI is InChI=1S/C19H16N2O2/c1-15-17(9-5-10-18(15)13-20)11-6-12-21-19(22)23-14-16-7-3-2-4-8-16/h2-5,7-10H,12,14H2,1H3,(H,21,22). The second-order valence-corrected chi connectivity index (χ2v) is 4.81. The molecule has 1 N–H and O–H groups in total. The highest BCUT2D eigenvalue weighted by Gasteiger charge is 2.01. The molecule has 1 amide bonds. The zero-order valence-electron chi connectivity index (χ0n) is 12.8. The van der Waals surface area contributed by atoms with E-state index >= 15 is 0 Å². The summed E-state index contributed by atoms with van der Waals surface area (Å²) in [7, 11) is 0. The minimum absolute atomic E-state index is 0.184. The smallest absolute Gasteiger partial charge is 0.408 e. The van der Waals surface area contributed by atoms with E-state index in [9.17, 15) is 4.79 Å². The van der Waals surface area contributed by atoms with Gasteiger partial charge in [-0.3, -0.25) is 0 Å². The molecule has 0 spiro atoms. The van der Waals surface area contributed by atoms with Gasteiger partial charge < -0.3 is 10.1 Å². The Labute approximate surface area is 135 Å². The van der Waals surface area contributed by atoms with Crippen molar-refractivity contribution in [2.24, 2.45) is 0 Å². The summed E-state index contributed by atoms with van der Waals surface area (Å²) in [5, 5.41) is 11.5. The maximum Gasteiger partial charge on any atom is 0.408 e. The lowest BCUT2D eigenvalue weighted by atomic mass is 10.0. The molecule has 0 aliphatic heterocycles. The first kappa shape index (κ1) is 16.1. The van der Waals surface area contributed by atoms with Crippen LogP contribution in [-0.2, 0) is 11.3 Å². The summed E-state index contributed by atoms with van der Waals surface area (Å²) in [6.45, 7) is 2.26. The van der Waals surface area contributed by atoms with Crippen LogP contribution in [0.5, 0.6) is 0 Å². The Bertz CT molecular complexity index is 780. The number of hydrogen-bond acceptors (Lipinski definition) is 3. The molecule has 2 rings (SSSR count). The van der Waals surface area contributed by atoms with Gasteiger partial charge in [0.1, 0.15) is 6.61 Å². The Hall–Kier alpha value is -3.24. The fraction of sp³-hybridized carbons (Fsp3) is 0.158. The van der Waals surface area contributed by atoms with Crippen LogP contribution in [-0.4, -0.2) is 12.6 Å². The highest BCUT2D eigenvalue weighted by atomic mass is 16.5. The van der Waals surface area contributed by atoms with Crippen molar-refractivity contribution in [3.63, 3.8) is 0 Å². The SMILES string of the molecule is Cc1c(C#N)cccc1C#CCNC(=O)OCc1ccccc1. The van der Waals surface area contributed by atoms with Crippen LogP contribution in [0, 0.1) is 30.1 Å². The molecule has 0 saturated heterocycles. The summed E-state index contributed by atoms with van der Waals surface area (Å²) < 4.78 is 5.08. The van der Waals surface area contributed by atoms with Gasteiger partial charge in [0.2, 0.25) is 0 Å². The molecule has 0 aliphatic carbocycles. The van der Waals surface area contributed by atoms with E-state index in [-0.39, 0.29) is 13.2 Å². The maximum absolute atomic E-state index is 11.6. The molecule has 0 bridgehead atoms. The van der Waals surface area contributed by atoms with Gasteiger partial charge in [-0.05, 0) is 30.2 Å².